The van der Waals surface area contributed by atoms with Gasteiger partial charge in [0, 0.05) is 24.8 Å². The van der Waals surface area contributed by atoms with Gasteiger partial charge in [-0.05, 0) is 6.07 Å². The van der Waals surface area contributed by atoms with E-state index in [9.17, 15) is 4.79 Å². The van der Waals surface area contributed by atoms with Gasteiger partial charge in [0.1, 0.15) is 0 Å². The molecule has 1 aromatic rings. The second-order valence-electron chi connectivity index (χ2n) is 2.80. The first-order chi connectivity index (χ1) is 7.29. The maximum Gasteiger partial charge on any atom is 0.255 e. The van der Waals surface area contributed by atoms with Gasteiger partial charge in [-0.2, -0.15) is 10.2 Å². The molecule has 1 heterocycles. The third-order valence-corrected chi connectivity index (χ3v) is 2.17. The van der Waals surface area contributed by atoms with E-state index in [1.165, 1.54) is 12.4 Å². The number of hydrogen-bond donors (Lipinski definition) is 0. The maximum atomic E-state index is 11.9. The molecule has 6 heteroatoms. The van der Waals surface area contributed by atoms with Crippen LogP contribution in [0.3, 0.4) is 0 Å². The van der Waals surface area contributed by atoms with Crippen molar-refractivity contribution in [2.75, 3.05) is 24.8 Å². The largest absolute Gasteiger partial charge is 0.336 e. The van der Waals surface area contributed by atoms with Gasteiger partial charge in [-0.3, -0.25) is 4.79 Å². The molecule has 0 aliphatic rings. The highest BCUT2D eigenvalue weighted by atomic mass is 35.5. The van der Waals surface area contributed by atoms with Gasteiger partial charge in [0.2, 0.25) is 0 Å². The first-order valence-corrected chi connectivity index (χ1v) is 5.54. The number of halogens is 2. The highest BCUT2D eigenvalue weighted by Gasteiger charge is 2.14. The molecule has 0 aliphatic carbocycles. The first kappa shape index (κ1) is 12.2. The Morgan fingerprint density at radius 1 is 1.27 bits per heavy atom. The summed E-state index contributed by atoms with van der Waals surface area (Å²) < 4.78 is 0. The predicted molar refractivity (Wildman–Crippen MR) is 59.4 cm³/mol. The molecule has 0 spiro atoms. The molecule has 0 radical (unpaired) electrons. The predicted octanol–water partition coefficient (Wildman–Crippen LogP) is 1.40. The van der Waals surface area contributed by atoms with Gasteiger partial charge >= 0.3 is 0 Å². The molecule has 0 aromatic carbocycles. The number of rotatable bonds is 5. The molecule has 82 valence electrons. The third-order valence-electron chi connectivity index (χ3n) is 1.83. The summed E-state index contributed by atoms with van der Waals surface area (Å²) in [7, 11) is 0. The zero-order valence-corrected chi connectivity index (χ0v) is 9.58. The molecule has 0 aliphatic heterocycles. The van der Waals surface area contributed by atoms with Crippen LogP contribution in [0.25, 0.3) is 0 Å². The average Bonchev–Trinajstić information content (AvgIpc) is 2.29. The summed E-state index contributed by atoms with van der Waals surface area (Å²) in [6.45, 7) is 0.963. The minimum absolute atomic E-state index is 0.119. The van der Waals surface area contributed by atoms with Crippen molar-refractivity contribution in [2.24, 2.45) is 0 Å². The second kappa shape index (κ2) is 6.58. The summed E-state index contributed by atoms with van der Waals surface area (Å²) in [5, 5.41) is 7.25. The molecule has 0 bridgehead atoms. The Balaban J connectivity index is 2.71. The van der Waals surface area contributed by atoms with Gasteiger partial charge in [0.05, 0.1) is 18.0 Å². The van der Waals surface area contributed by atoms with Crippen molar-refractivity contribution in [1.82, 2.24) is 15.1 Å². The fourth-order valence-corrected chi connectivity index (χ4v) is 1.53. The normalized spacial score (nSPS) is 10.0. The van der Waals surface area contributed by atoms with Crippen LogP contribution < -0.4 is 0 Å². The second-order valence-corrected chi connectivity index (χ2v) is 3.56. The maximum absolute atomic E-state index is 11.9. The number of carbonyl (C=O) groups excluding carboxylic acids is 1. The van der Waals surface area contributed by atoms with Crippen LogP contribution in [0.2, 0.25) is 0 Å². The molecule has 0 saturated heterocycles. The summed E-state index contributed by atoms with van der Waals surface area (Å²) in [4.78, 5) is 13.5. The molecular weight excluding hydrogens is 237 g/mol. The van der Waals surface area contributed by atoms with Crippen LogP contribution in [0.15, 0.2) is 18.5 Å². The van der Waals surface area contributed by atoms with Crippen LogP contribution in [-0.4, -0.2) is 45.9 Å². The van der Waals surface area contributed by atoms with Gasteiger partial charge in [0.15, 0.2) is 0 Å². The lowest BCUT2D eigenvalue weighted by Gasteiger charge is -2.19. The molecule has 0 saturated carbocycles. The average molecular weight is 248 g/mol. The monoisotopic (exact) mass is 247 g/mol. The SMILES string of the molecule is O=C(c1ccnnc1)N(CCCl)CCCl. The number of aromatic nitrogens is 2. The van der Waals surface area contributed by atoms with E-state index in [-0.39, 0.29) is 5.91 Å². The van der Waals surface area contributed by atoms with E-state index in [0.29, 0.717) is 30.4 Å². The van der Waals surface area contributed by atoms with Crippen molar-refractivity contribution in [3.63, 3.8) is 0 Å². The zero-order valence-electron chi connectivity index (χ0n) is 8.07. The number of carbonyl (C=O) groups is 1. The molecule has 0 N–H and O–H groups in total. The highest BCUT2D eigenvalue weighted by Crippen LogP contribution is 2.03. The zero-order chi connectivity index (χ0) is 11.1. The summed E-state index contributed by atoms with van der Waals surface area (Å²) in [6, 6.07) is 1.62. The Kier molecular flexibility index (Phi) is 5.36. The fraction of sp³-hybridized carbons (Fsp3) is 0.444. The van der Waals surface area contributed by atoms with E-state index in [1.54, 1.807) is 11.0 Å². The van der Waals surface area contributed by atoms with E-state index in [1.807, 2.05) is 0 Å². The lowest BCUT2D eigenvalue weighted by atomic mass is 10.2. The van der Waals surface area contributed by atoms with Crippen LogP contribution >= 0.6 is 23.2 Å². The fourth-order valence-electron chi connectivity index (χ4n) is 1.12. The Hall–Kier alpha value is -0.870. The molecule has 0 unspecified atom stereocenters. The highest BCUT2D eigenvalue weighted by molar-refractivity contribution is 6.18. The Morgan fingerprint density at radius 3 is 2.40 bits per heavy atom. The van der Waals surface area contributed by atoms with Crippen LogP contribution in [0.1, 0.15) is 10.4 Å². The minimum atomic E-state index is -0.119. The Morgan fingerprint density at radius 2 is 1.93 bits per heavy atom. The van der Waals surface area contributed by atoms with E-state index in [2.05, 4.69) is 10.2 Å². The summed E-state index contributed by atoms with van der Waals surface area (Å²) in [5.41, 5.74) is 0.500. The van der Waals surface area contributed by atoms with Gasteiger partial charge in [0.25, 0.3) is 5.91 Å². The lowest BCUT2D eigenvalue weighted by molar-refractivity contribution is 0.0774. The topological polar surface area (TPSA) is 46.1 Å². The van der Waals surface area contributed by atoms with Crippen LogP contribution in [0.4, 0.5) is 0 Å². The number of hydrogen-bond acceptors (Lipinski definition) is 3. The summed E-state index contributed by atoms with van der Waals surface area (Å²) in [6.07, 6.45) is 2.91. The van der Waals surface area contributed by atoms with Gasteiger partial charge < -0.3 is 4.90 Å². The van der Waals surface area contributed by atoms with Gasteiger partial charge in [-0.15, -0.1) is 23.2 Å². The molecule has 1 rings (SSSR count). The first-order valence-electron chi connectivity index (χ1n) is 4.47. The summed E-state index contributed by atoms with van der Waals surface area (Å²) in [5.74, 6) is 0.661. The van der Waals surface area contributed by atoms with E-state index in [0.717, 1.165) is 0 Å². The molecule has 0 atom stereocenters. The van der Waals surface area contributed by atoms with Crippen molar-refractivity contribution in [2.45, 2.75) is 0 Å². The van der Waals surface area contributed by atoms with Crippen LogP contribution in [0.5, 0.6) is 0 Å². The number of alkyl halides is 2. The minimum Gasteiger partial charge on any atom is -0.336 e. The standard InChI is InChI=1S/C9H11Cl2N3O/c10-2-5-14(6-3-11)9(15)8-1-4-12-13-7-8/h1,4,7H,2-3,5-6H2. The molecule has 4 nitrogen and oxygen atoms in total. The molecule has 0 fully saturated rings. The van der Waals surface area contributed by atoms with E-state index < -0.39 is 0 Å². The Labute approximate surface area is 98.2 Å². The van der Waals surface area contributed by atoms with E-state index in [4.69, 9.17) is 23.2 Å². The van der Waals surface area contributed by atoms with Crippen LogP contribution in [0, 0.1) is 0 Å². The smallest absolute Gasteiger partial charge is 0.255 e. The molecule has 1 amide bonds. The van der Waals surface area contributed by atoms with Gasteiger partial charge in [-0.25, -0.2) is 0 Å². The third kappa shape index (κ3) is 3.64. The van der Waals surface area contributed by atoms with Crippen LogP contribution in [-0.2, 0) is 0 Å². The van der Waals surface area contributed by atoms with Gasteiger partial charge in [-0.1, -0.05) is 0 Å². The van der Waals surface area contributed by atoms with Crippen molar-refractivity contribution < 1.29 is 4.79 Å². The number of amides is 1. The van der Waals surface area contributed by atoms with Crippen molar-refractivity contribution in [3.05, 3.63) is 24.0 Å². The Bertz CT molecular complexity index is 301. The molecular formula is C9H11Cl2N3O. The van der Waals surface area contributed by atoms with Crippen molar-refractivity contribution in [1.29, 1.82) is 0 Å². The van der Waals surface area contributed by atoms with Crippen molar-refractivity contribution in [3.8, 4) is 0 Å². The van der Waals surface area contributed by atoms with E-state index >= 15 is 0 Å². The summed E-state index contributed by atoms with van der Waals surface area (Å²) >= 11 is 11.2. The van der Waals surface area contributed by atoms with Crippen molar-refractivity contribution >= 4 is 29.1 Å². The molecule has 15 heavy (non-hydrogen) atoms. The quantitative estimate of drug-likeness (QED) is 0.740. The number of nitrogens with zero attached hydrogens (tertiary/aromatic N) is 3. The molecule has 1 aromatic heterocycles. The lowest BCUT2D eigenvalue weighted by Crippen LogP contribution is -2.34.